The predicted molar refractivity (Wildman–Crippen MR) is 81.2 cm³/mol. The van der Waals surface area contributed by atoms with Crippen molar-refractivity contribution >= 4 is 11.9 Å². The minimum Gasteiger partial charge on any atom is -0.461 e. The van der Waals surface area contributed by atoms with Crippen LogP contribution in [0.5, 0.6) is 0 Å². The van der Waals surface area contributed by atoms with Gasteiger partial charge in [0.2, 0.25) is 5.60 Å². The third kappa shape index (κ3) is 2.01. The molecule has 22 heavy (non-hydrogen) atoms. The van der Waals surface area contributed by atoms with Crippen molar-refractivity contribution in [3.8, 4) is 0 Å². The number of nitrogens with zero attached hydrogens (tertiary/aromatic N) is 1. The molecule has 3 aliphatic rings. The molecule has 5 nitrogen and oxygen atoms in total. The quantitative estimate of drug-likeness (QED) is 0.745. The number of hydrogen-bond donors (Lipinski definition) is 0. The molecule has 3 fully saturated rings. The van der Waals surface area contributed by atoms with Crippen molar-refractivity contribution in [1.29, 1.82) is 0 Å². The number of ether oxygens (including phenoxy) is 2. The van der Waals surface area contributed by atoms with Gasteiger partial charge in [-0.1, -0.05) is 20.3 Å². The van der Waals surface area contributed by atoms with Crippen LogP contribution in [0.4, 0.5) is 0 Å². The maximum absolute atomic E-state index is 12.7. The number of rotatable bonds is 4. The lowest BCUT2D eigenvalue weighted by Gasteiger charge is -2.34. The molecule has 1 saturated carbocycles. The van der Waals surface area contributed by atoms with Crippen LogP contribution in [0, 0.1) is 10.8 Å². The van der Waals surface area contributed by atoms with Crippen molar-refractivity contribution < 1.29 is 19.1 Å². The number of carbonyl (C=O) groups is 2. The normalized spacial score (nSPS) is 37.1. The highest BCUT2D eigenvalue weighted by atomic mass is 16.6. The lowest BCUT2D eigenvalue weighted by molar-refractivity contribution is -0.183. The molecule has 2 atom stereocenters. The number of carbonyl (C=O) groups excluding carboxylic acids is 2. The fourth-order valence-electron chi connectivity index (χ4n) is 4.27. The molecule has 5 heteroatoms. The second kappa shape index (κ2) is 5.22. The minimum atomic E-state index is -1.08. The largest absolute Gasteiger partial charge is 0.461 e. The first-order valence-corrected chi connectivity index (χ1v) is 8.47. The highest BCUT2D eigenvalue weighted by Crippen LogP contribution is 2.65. The molecule has 3 rings (SSSR count). The van der Waals surface area contributed by atoms with E-state index in [0.717, 1.165) is 19.6 Å². The smallest absolute Gasteiger partial charge is 0.351 e. The van der Waals surface area contributed by atoms with E-state index in [1.54, 1.807) is 0 Å². The SMILES string of the molecule is CC12CCC(C(=O)OCCN3CCCCC3)(OC1=O)C2(C)C. The Morgan fingerprint density at radius 1 is 1.18 bits per heavy atom. The van der Waals surface area contributed by atoms with E-state index >= 15 is 0 Å². The summed E-state index contributed by atoms with van der Waals surface area (Å²) in [6.45, 7) is 9.14. The summed E-state index contributed by atoms with van der Waals surface area (Å²) in [5, 5.41) is 0. The van der Waals surface area contributed by atoms with E-state index in [9.17, 15) is 9.59 Å². The summed E-state index contributed by atoms with van der Waals surface area (Å²) >= 11 is 0. The van der Waals surface area contributed by atoms with Crippen LogP contribution in [0.2, 0.25) is 0 Å². The third-order valence-electron chi connectivity index (χ3n) is 6.50. The molecule has 1 aliphatic carbocycles. The molecule has 0 spiro atoms. The Morgan fingerprint density at radius 2 is 1.86 bits per heavy atom. The van der Waals surface area contributed by atoms with Crippen molar-refractivity contribution in [2.75, 3.05) is 26.2 Å². The van der Waals surface area contributed by atoms with Gasteiger partial charge in [0.1, 0.15) is 6.61 Å². The minimum absolute atomic E-state index is 0.253. The highest BCUT2D eigenvalue weighted by molar-refractivity contribution is 5.93. The summed E-state index contributed by atoms with van der Waals surface area (Å²) in [4.78, 5) is 27.2. The fraction of sp³-hybridized carbons (Fsp3) is 0.882. The van der Waals surface area contributed by atoms with Crippen molar-refractivity contribution in [3.63, 3.8) is 0 Å². The Bertz CT molecular complexity index is 483. The van der Waals surface area contributed by atoms with Gasteiger partial charge in [0, 0.05) is 12.0 Å². The van der Waals surface area contributed by atoms with E-state index in [2.05, 4.69) is 4.90 Å². The van der Waals surface area contributed by atoms with Gasteiger partial charge in [0.05, 0.1) is 5.41 Å². The van der Waals surface area contributed by atoms with E-state index in [1.165, 1.54) is 19.3 Å². The van der Waals surface area contributed by atoms with Crippen molar-refractivity contribution in [2.45, 2.75) is 58.5 Å². The summed E-state index contributed by atoms with van der Waals surface area (Å²) in [5.74, 6) is -0.610. The van der Waals surface area contributed by atoms with Gasteiger partial charge in [-0.15, -0.1) is 0 Å². The summed E-state index contributed by atoms with van der Waals surface area (Å²) in [6.07, 6.45) is 5.01. The van der Waals surface area contributed by atoms with Crippen molar-refractivity contribution in [1.82, 2.24) is 4.90 Å². The summed E-state index contributed by atoms with van der Waals surface area (Å²) in [6, 6.07) is 0. The zero-order chi connectivity index (χ0) is 16.0. The highest BCUT2D eigenvalue weighted by Gasteiger charge is 2.76. The Morgan fingerprint density at radius 3 is 2.41 bits per heavy atom. The van der Waals surface area contributed by atoms with Gasteiger partial charge in [-0.05, 0) is 45.7 Å². The maximum atomic E-state index is 12.7. The van der Waals surface area contributed by atoms with Gasteiger partial charge in [-0.25, -0.2) is 4.79 Å². The van der Waals surface area contributed by atoms with Gasteiger partial charge in [0.15, 0.2) is 0 Å². The molecule has 0 aromatic rings. The van der Waals surface area contributed by atoms with Crippen LogP contribution in [0.25, 0.3) is 0 Å². The topological polar surface area (TPSA) is 55.8 Å². The standard InChI is InChI=1S/C17H27NO4/c1-15(2)16(3)7-8-17(15,22-13(16)19)14(20)21-12-11-18-9-5-4-6-10-18/h4-12H2,1-3H3. The number of hydrogen-bond acceptors (Lipinski definition) is 5. The lowest BCUT2D eigenvalue weighted by Crippen LogP contribution is -2.49. The molecular formula is C17H27NO4. The Balaban J connectivity index is 1.61. The molecule has 2 aliphatic heterocycles. The molecule has 0 N–H and O–H groups in total. The average molecular weight is 309 g/mol. The van der Waals surface area contributed by atoms with Gasteiger partial charge >= 0.3 is 11.9 Å². The molecule has 0 aromatic carbocycles. The van der Waals surface area contributed by atoms with Crippen LogP contribution in [0.15, 0.2) is 0 Å². The van der Waals surface area contributed by atoms with Gasteiger partial charge < -0.3 is 9.47 Å². The first kappa shape index (κ1) is 15.8. The van der Waals surface area contributed by atoms with Gasteiger partial charge in [0.25, 0.3) is 0 Å². The second-order valence-electron chi connectivity index (χ2n) is 7.71. The molecule has 2 saturated heterocycles. The molecule has 0 aromatic heterocycles. The van der Waals surface area contributed by atoms with Crippen LogP contribution in [-0.4, -0.2) is 48.7 Å². The van der Waals surface area contributed by atoms with Crippen molar-refractivity contribution in [2.24, 2.45) is 10.8 Å². The van der Waals surface area contributed by atoms with Crippen molar-refractivity contribution in [3.05, 3.63) is 0 Å². The summed E-state index contributed by atoms with van der Waals surface area (Å²) in [5.41, 5.74) is -2.17. The van der Waals surface area contributed by atoms with E-state index in [4.69, 9.17) is 9.47 Å². The fourth-order valence-corrected chi connectivity index (χ4v) is 4.27. The monoisotopic (exact) mass is 309 g/mol. The Hall–Kier alpha value is -1.10. The molecule has 2 heterocycles. The summed E-state index contributed by atoms with van der Waals surface area (Å²) < 4.78 is 11.1. The van der Waals surface area contributed by atoms with E-state index in [1.807, 2.05) is 20.8 Å². The van der Waals surface area contributed by atoms with Gasteiger partial charge in [-0.3, -0.25) is 9.69 Å². The molecule has 2 unspecified atom stereocenters. The predicted octanol–water partition coefficient (Wildman–Crippen LogP) is 2.14. The molecule has 124 valence electrons. The van der Waals surface area contributed by atoms with Crippen LogP contribution < -0.4 is 0 Å². The lowest BCUT2D eigenvalue weighted by atomic mass is 9.66. The van der Waals surface area contributed by atoms with E-state index < -0.39 is 16.4 Å². The number of esters is 2. The number of fused-ring (bicyclic) bond motifs is 2. The van der Waals surface area contributed by atoms with Crippen LogP contribution in [0.3, 0.4) is 0 Å². The molecule has 2 bridgehead atoms. The zero-order valence-corrected chi connectivity index (χ0v) is 13.9. The van der Waals surface area contributed by atoms with Crippen LogP contribution in [0.1, 0.15) is 52.9 Å². The van der Waals surface area contributed by atoms with Crippen LogP contribution >= 0.6 is 0 Å². The molecule has 0 amide bonds. The van der Waals surface area contributed by atoms with Gasteiger partial charge in [-0.2, -0.15) is 0 Å². The average Bonchev–Trinajstić information content (AvgIpc) is 2.78. The molecular weight excluding hydrogens is 282 g/mol. The van der Waals surface area contributed by atoms with E-state index in [0.29, 0.717) is 19.4 Å². The van der Waals surface area contributed by atoms with Crippen LogP contribution in [-0.2, 0) is 19.1 Å². The van der Waals surface area contributed by atoms with E-state index in [-0.39, 0.29) is 11.9 Å². The Kier molecular flexibility index (Phi) is 3.75. The number of piperidine rings is 1. The second-order valence-corrected chi connectivity index (χ2v) is 7.71. The first-order chi connectivity index (χ1) is 10.3. The Labute approximate surface area is 132 Å². The summed E-state index contributed by atoms with van der Waals surface area (Å²) in [7, 11) is 0. The molecule has 0 radical (unpaired) electrons. The zero-order valence-electron chi connectivity index (χ0n) is 13.9. The maximum Gasteiger partial charge on any atom is 0.351 e. The number of likely N-dealkylation sites (tertiary alicyclic amines) is 1. The third-order valence-corrected chi connectivity index (χ3v) is 6.50. The first-order valence-electron chi connectivity index (χ1n) is 8.47.